The fourth-order valence-corrected chi connectivity index (χ4v) is 1.42. The zero-order chi connectivity index (χ0) is 9.38. The molecule has 0 N–H and O–H groups in total. The van der Waals surface area contributed by atoms with E-state index in [9.17, 15) is 0 Å². The number of nitrogens with zero attached hydrogens (tertiary/aromatic N) is 3. The van der Waals surface area contributed by atoms with E-state index in [0.717, 1.165) is 17.0 Å². The lowest BCUT2D eigenvalue weighted by molar-refractivity contribution is 0.541. The molecule has 0 amide bonds. The highest BCUT2D eigenvalue weighted by Crippen LogP contribution is 2.15. The minimum atomic E-state index is 0.728. The van der Waals surface area contributed by atoms with Crippen molar-refractivity contribution in [2.75, 3.05) is 0 Å². The summed E-state index contributed by atoms with van der Waals surface area (Å²) in [4.78, 5) is 8.45. The summed E-state index contributed by atoms with van der Waals surface area (Å²) in [5.41, 5.74) is 1.67. The minimum Gasteiger partial charge on any atom is -0.448 e. The summed E-state index contributed by atoms with van der Waals surface area (Å²) in [6.07, 6.45) is 5.07. The van der Waals surface area contributed by atoms with Gasteiger partial charge in [-0.15, -0.1) is 0 Å². The van der Waals surface area contributed by atoms with E-state index in [1.54, 1.807) is 18.8 Å². The number of furan rings is 1. The van der Waals surface area contributed by atoms with Gasteiger partial charge in [0.1, 0.15) is 11.8 Å². The Morgan fingerprint density at radius 1 is 1.14 bits per heavy atom. The number of hydrogen-bond donors (Lipinski definition) is 0. The fourth-order valence-electron chi connectivity index (χ4n) is 1.42. The third-order valence-electron chi connectivity index (χ3n) is 2.05. The Kier molecular flexibility index (Phi) is 1.41. The molecule has 0 aliphatic rings. The quantitative estimate of drug-likeness (QED) is 0.582. The molecule has 3 rings (SSSR count). The van der Waals surface area contributed by atoms with Crippen LogP contribution >= 0.6 is 0 Å². The zero-order valence-electron chi connectivity index (χ0n) is 7.29. The molecule has 0 aliphatic carbocycles. The largest absolute Gasteiger partial charge is 0.448 e. The Morgan fingerprint density at radius 3 is 3.00 bits per heavy atom. The maximum Gasteiger partial charge on any atom is 0.206 e. The van der Waals surface area contributed by atoms with Gasteiger partial charge in [0, 0.05) is 12.3 Å². The van der Waals surface area contributed by atoms with E-state index in [1.165, 1.54) is 0 Å². The smallest absolute Gasteiger partial charge is 0.206 e. The molecular formula is C10H7N3O. The second kappa shape index (κ2) is 2.70. The van der Waals surface area contributed by atoms with Crippen molar-refractivity contribution in [2.24, 2.45) is 0 Å². The first-order valence-electron chi connectivity index (χ1n) is 4.27. The van der Waals surface area contributed by atoms with Crippen LogP contribution in [0.1, 0.15) is 0 Å². The van der Waals surface area contributed by atoms with Crippen LogP contribution in [0.25, 0.3) is 17.0 Å². The zero-order valence-corrected chi connectivity index (χ0v) is 7.29. The molecule has 0 atom stereocenters. The SMILES string of the molecule is c1coc(-n2cnc3cccnc32)c1. The molecular weight excluding hydrogens is 178 g/mol. The van der Waals surface area contributed by atoms with E-state index in [1.807, 2.05) is 28.8 Å². The predicted octanol–water partition coefficient (Wildman–Crippen LogP) is 2.01. The van der Waals surface area contributed by atoms with E-state index in [2.05, 4.69) is 9.97 Å². The van der Waals surface area contributed by atoms with E-state index >= 15 is 0 Å². The molecule has 0 saturated carbocycles. The Balaban J connectivity index is 2.33. The van der Waals surface area contributed by atoms with Gasteiger partial charge in [0.2, 0.25) is 5.88 Å². The number of aromatic nitrogens is 3. The van der Waals surface area contributed by atoms with Crippen LogP contribution in [-0.4, -0.2) is 14.5 Å². The average molecular weight is 185 g/mol. The van der Waals surface area contributed by atoms with Gasteiger partial charge in [-0.2, -0.15) is 0 Å². The summed E-state index contributed by atoms with van der Waals surface area (Å²) in [6, 6.07) is 7.49. The second-order valence-corrected chi connectivity index (χ2v) is 2.91. The molecule has 3 aromatic rings. The molecule has 0 radical (unpaired) electrons. The molecule has 4 nitrogen and oxygen atoms in total. The summed E-state index contributed by atoms with van der Waals surface area (Å²) in [7, 11) is 0. The van der Waals surface area contributed by atoms with Crippen molar-refractivity contribution in [3.05, 3.63) is 43.1 Å². The molecule has 0 bridgehead atoms. The maximum atomic E-state index is 5.27. The Labute approximate surface area is 79.8 Å². The molecule has 0 spiro atoms. The summed E-state index contributed by atoms with van der Waals surface area (Å²) >= 11 is 0. The first-order chi connectivity index (χ1) is 6.95. The summed E-state index contributed by atoms with van der Waals surface area (Å²) in [5, 5.41) is 0. The Bertz CT molecular complexity index is 554. The molecule has 0 unspecified atom stereocenters. The maximum absolute atomic E-state index is 5.27. The lowest BCUT2D eigenvalue weighted by Gasteiger charge is -1.96. The van der Waals surface area contributed by atoms with Crippen LogP contribution < -0.4 is 0 Å². The van der Waals surface area contributed by atoms with Gasteiger partial charge < -0.3 is 4.42 Å². The average Bonchev–Trinajstić information content (AvgIpc) is 2.85. The van der Waals surface area contributed by atoms with E-state index in [0.29, 0.717) is 0 Å². The van der Waals surface area contributed by atoms with E-state index in [4.69, 9.17) is 4.42 Å². The van der Waals surface area contributed by atoms with Crippen LogP contribution in [0.15, 0.2) is 47.5 Å². The summed E-state index contributed by atoms with van der Waals surface area (Å²) in [5.74, 6) is 0.728. The van der Waals surface area contributed by atoms with Crippen molar-refractivity contribution in [1.82, 2.24) is 14.5 Å². The van der Waals surface area contributed by atoms with Crippen LogP contribution in [0.2, 0.25) is 0 Å². The van der Waals surface area contributed by atoms with Crippen molar-refractivity contribution < 1.29 is 4.42 Å². The van der Waals surface area contributed by atoms with Gasteiger partial charge >= 0.3 is 0 Å². The van der Waals surface area contributed by atoms with E-state index < -0.39 is 0 Å². The first-order valence-corrected chi connectivity index (χ1v) is 4.27. The Morgan fingerprint density at radius 2 is 2.14 bits per heavy atom. The molecule has 3 heterocycles. The highest BCUT2D eigenvalue weighted by Gasteiger charge is 2.05. The predicted molar refractivity (Wildman–Crippen MR) is 51.1 cm³/mol. The van der Waals surface area contributed by atoms with Crippen LogP contribution in [0.4, 0.5) is 0 Å². The van der Waals surface area contributed by atoms with Crippen molar-refractivity contribution in [1.29, 1.82) is 0 Å². The molecule has 3 aromatic heterocycles. The van der Waals surface area contributed by atoms with Gasteiger partial charge in [-0.3, -0.25) is 4.57 Å². The normalized spacial score (nSPS) is 10.9. The van der Waals surface area contributed by atoms with Gasteiger partial charge in [0.05, 0.1) is 6.26 Å². The molecule has 68 valence electrons. The number of hydrogen-bond acceptors (Lipinski definition) is 3. The summed E-state index contributed by atoms with van der Waals surface area (Å²) in [6.45, 7) is 0. The lowest BCUT2D eigenvalue weighted by atomic mass is 10.4. The van der Waals surface area contributed by atoms with Crippen molar-refractivity contribution in [2.45, 2.75) is 0 Å². The highest BCUT2D eigenvalue weighted by atomic mass is 16.3. The van der Waals surface area contributed by atoms with Gasteiger partial charge in [0.15, 0.2) is 5.65 Å². The standard InChI is InChI=1S/C10H7N3O/c1-3-8-10(11-5-1)13(7-12-8)9-4-2-6-14-9/h1-7H. The minimum absolute atomic E-state index is 0.728. The molecule has 0 fully saturated rings. The number of pyridine rings is 1. The van der Waals surface area contributed by atoms with Crippen molar-refractivity contribution >= 4 is 11.2 Å². The molecule has 4 heteroatoms. The fraction of sp³-hybridized carbons (Fsp3) is 0. The third kappa shape index (κ3) is 0.939. The van der Waals surface area contributed by atoms with Gasteiger partial charge in [-0.1, -0.05) is 0 Å². The van der Waals surface area contributed by atoms with Crippen molar-refractivity contribution in [3.63, 3.8) is 0 Å². The first kappa shape index (κ1) is 7.32. The molecule has 0 aromatic carbocycles. The summed E-state index contributed by atoms with van der Waals surface area (Å²) < 4.78 is 7.08. The number of rotatable bonds is 1. The highest BCUT2D eigenvalue weighted by molar-refractivity contribution is 5.71. The monoisotopic (exact) mass is 185 g/mol. The van der Waals surface area contributed by atoms with E-state index in [-0.39, 0.29) is 0 Å². The van der Waals surface area contributed by atoms with Crippen LogP contribution in [-0.2, 0) is 0 Å². The van der Waals surface area contributed by atoms with Gasteiger partial charge in [-0.25, -0.2) is 9.97 Å². The van der Waals surface area contributed by atoms with Crippen LogP contribution in [0.3, 0.4) is 0 Å². The van der Waals surface area contributed by atoms with Crippen LogP contribution in [0.5, 0.6) is 0 Å². The van der Waals surface area contributed by atoms with Gasteiger partial charge in [0.25, 0.3) is 0 Å². The third-order valence-corrected chi connectivity index (χ3v) is 2.05. The topological polar surface area (TPSA) is 43.9 Å². The number of imidazole rings is 1. The van der Waals surface area contributed by atoms with Gasteiger partial charge in [-0.05, 0) is 18.2 Å². The van der Waals surface area contributed by atoms with Crippen molar-refractivity contribution in [3.8, 4) is 5.88 Å². The number of fused-ring (bicyclic) bond motifs is 1. The lowest BCUT2D eigenvalue weighted by Crippen LogP contribution is -1.90. The Hall–Kier alpha value is -2.10. The second-order valence-electron chi connectivity index (χ2n) is 2.91. The van der Waals surface area contributed by atoms with Crippen LogP contribution in [0, 0.1) is 0 Å². The molecule has 0 aliphatic heterocycles. The molecule has 0 saturated heterocycles. The molecule has 14 heavy (non-hydrogen) atoms.